The highest BCUT2D eigenvalue weighted by Crippen LogP contribution is 2.15. The Morgan fingerprint density at radius 1 is 1.53 bits per heavy atom. The van der Waals surface area contributed by atoms with Crippen molar-refractivity contribution in [2.45, 2.75) is 38.0 Å². The average molecular weight is 234 g/mol. The zero-order valence-corrected chi connectivity index (χ0v) is 10.8. The number of rotatable bonds is 2. The Balaban J connectivity index is 0.000000265. The molecule has 0 amide bonds. The predicted octanol–water partition coefficient (Wildman–Crippen LogP) is 1.26. The molecule has 0 saturated carbocycles. The van der Waals surface area contributed by atoms with Gasteiger partial charge in [-0.3, -0.25) is 9.93 Å². The van der Waals surface area contributed by atoms with Gasteiger partial charge in [-0.25, -0.2) is 0 Å². The van der Waals surface area contributed by atoms with Gasteiger partial charge in [-0.2, -0.15) is 0 Å². The van der Waals surface area contributed by atoms with Crippen molar-refractivity contribution in [2.75, 3.05) is 20.1 Å². The average Bonchev–Trinajstić information content (AvgIpc) is 2.50. The van der Waals surface area contributed by atoms with Gasteiger partial charge in [0.05, 0.1) is 0 Å². The quantitative estimate of drug-likeness (QED) is 0.576. The summed E-state index contributed by atoms with van der Waals surface area (Å²) >= 11 is 1.49. The van der Waals surface area contributed by atoms with Crippen LogP contribution in [0.2, 0.25) is 0 Å². The van der Waals surface area contributed by atoms with Gasteiger partial charge in [0.1, 0.15) is 5.60 Å². The Morgan fingerprint density at radius 2 is 2.13 bits per heavy atom. The third-order valence-electron chi connectivity index (χ3n) is 1.94. The smallest absolute Gasteiger partial charge is 0.293 e. The number of nitrogens with two attached hydrogens (primary N) is 1. The normalized spacial score (nSPS) is 21.8. The molecule has 0 bridgehead atoms. The van der Waals surface area contributed by atoms with E-state index in [4.69, 9.17) is 5.14 Å². The molecule has 0 aromatic carbocycles. The molecule has 1 rings (SSSR count). The fraction of sp³-hybridized carbons (Fsp3) is 0.900. The van der Waals surface area contributed by atoms with E-state index in [9.17, 15) is 4.79 Å². The van der Waals surface area contributed by atoms with Crippen LogP contribution in [0.3, 0.4) is 0 Å². The van der Waals surface area contributed by atoms with Gasteiger partial charge in [-0.1, -0.05) is 11.9 Å². The zero-order valence-electron chi connectivity index (χ0n) is 10.0. The van der Waals surface area contributed by atoms with Crippen molar-refractivity contribution in [3.8, 4) is 0 Å². The Labute approximate surface area is 96.7 Å². The van der Waals surface area contributed by atoms with Gasteiger partial charge >= 0.3 is 0 Å². The first-order valence-electron chi connectivity index (χ1n) is 5.04. The van der Waals surface area contributed by atoms with Gasteiger partial charge in [0.2, 0.25) is 0 Å². The standard InChI is InChI=1S/C5H12N2S.C5H10O2/c1-7-3-2-5(4-7)8-6;1-5(2,3)7-4-6/h5H,2-4,6H2,1H3;4H,1-3H3. The number of carbonyl (C=O) groups excluding carboxylic acids is 1. The second kappa shape index (κ2) is 7.09. The number of hydrogen-bond acceptors (Lipinski definition) is 5. The minimum atomic E-state index is -0.318. The summed E-state index contributed by atoms with van der Waals surface area (Å²) in [4.78, 5) is 11.9. The number of nitrogens with zero attached hydrogens (tertiary/aromatic N) is 1. The van der Waals surface area contributed by atoms with Crippen LogP contribution in [0.5, 0.6) is 0 Å². The topological polar surface area (TPSA) is 55.6 Å². The van der Waals surface area contributed by atoms with E-state index in [2.05, 4.69) is 16.7 Å². The lowest BCUT2D eigenvalue weighted by atomic mass is 10.2. The van der Waals surface area contributed by atoms with Gasteiger partial charge in [-0.15, -0.1) is 0 Å². The summed E-state index contributed by atoms with van der Waals surface area (Å²) in [6, 6.07) is 0. The molecule has 2 N–H and O–H groups in total. The molecule has 1 fully saturated rings. The SMILES string of the molecule is CC(C)(C)OC=O.CN1CCC(SN)C1. The van der Waals surface area contributed by atoms with Crippen molar-refractivity contribution in [2.24, 2.45) is 5.14 Å². The zero-order chi connectivity index (χ0) is 11.9. The van der Waals surface area contributed by atoms with Crippen molar-refractivity contribution in [3.05, 3.63) is 0 Å². The van der Waals surface area contributed by atoms with E-state index in [1.807, 2.05) is 20.8 Å². The summed E-state index contributed by atoms with van der Waals surface area (Å²) in [6.45, 7) is 8.31. The van der Waals surface area contributed by atoms with Crippen molar-refractivity contribution < 1.29 is 9.53 Å². The van der Waals surface area contributed by atoms with Crippen LogP contribution >= 0.6 is 11.9 Å². The van der Waals surface area contributed by atoms with Crippen LogP contribution in [0.4, 0.5) is 0 Å². The van der Waals surface area contributed by atoms with Crippen LogP contribution < -0.4 is 5.14 Å². The molecule has 0 spiro atoms. The molecule has 0 radical (unpaired) electrons. The molecule has 1 unspecified atom stereocenters. The van der Waals surface area contributed by atoms with Gasteiger partial charge in [0.15, 0.2) is 0 Å². The second-order valence-corrected chi connectivity index (χ2v) is 5.57. The first-order valence-corrected chi connectivity index (χ1v) is 5.99. The molecule has 1 aliphatic rings. The van der Waals surface area contributed by atoms with Crippen LogP contribution in [0, 0.1) is 0 Å². The summed E-state index contributed by atoms with van der Waals surface area (Å²) in [6.07, 6.45) is 1.26. The molecular weight excluding hydrogens is 212 g/mol. The molecule has 1 aliphatic heterocycles. The maximum Gasteiger partial charge on any atom is 0.293 e. The van der Waals surface area contributed by atoms with Crippen molar-refractivity contribution in [1.82, 2.24) is 4.90 Å². The molecule has 90 valence electrons. The van der Waals surface area contributed by atoms with Crippen LogP contribution in [0.25, 0.3) is 0 Å². The third kappa shape index (κ3) is 8.72. The first kappa shape index (κ1) is 14.7. The summed E-state index contributed by atoms with van der Waals surface area (Å²) in [5, 5.41) is 6.08. The maximum absolute atomic E-state index is 9.60. The van der Waals surface area contributed by atoms with E-state index in [0.717, 1.165) is 0 Å². The van der Waals surface area contributed by atoms with Crippen molar-refractivity contribution >= 4 is 18.4 Å². The van der Waals surface area contributed by atoms with E-state index in [1.165, 1.54) is 31.5 Å². The molecular formula is C10H22N2O2S. The van der Waals surface area contributed by atoms with Gasteiger partial charge in [-0.05, 0) is 40.8 Å². The highest BCUT2D eigenvalue weighted by Gasteiger charge is 2.17. The number of carbonyl (C=O) groups is 1. The molecule has 1 saturated heterocycles. The molecule has 0 aromatic heterocycles. The Morgan fingerprint density at radius 3 is 2.27 bits per heavy atom. The lowest BCUT2D eigenvalue weighted by Crippen LogP contribution is -2.17. The van der Waals surface area contributed by atoms with E-state index in [1.54, 1.807) is 0 Å². The number of ether oxygens (including phenoxy) is 1. The molecule has 15 heavy (non-hydrogen) atoms. The highest BCUT2D eigenvalue weighted by molar-refractivity contribution is 7.97. The largest absolute Gasteiger partial charge is 0.462 e. The van der Waals surface area contributed by atoms with Crippen molar-refractivity contribution in [1.29, 1.82) is 0 Å². The summed E-state index contributed by atoms with van der Waals surface area (Å²) in [5.74, 6) is 0. The van der Waals surface area contributed by atoms with Gasteiger partial charge < -0.3 is 9.64 Å². The second-order valence-electron chi connectivity index (χ2n) is 4.64. The first-order chi connectivity index (χ1) is 6.89. The lowest BCUT2D eigenvalue weighted by Gasteiger charge is -2.14. The van der Waals surface area contributed by atoms with Crippen LogP contribution in [-0.2, 0) is 9.53 Å². The summed E-state index contributed by atoms with van der Waals surface area (Å²) in [5.41, 5.74) is -0.318. The van der Waals surface area contributed by atoms with E-state index < -0.39 is 0 Å². The Kier molecular flexibility index (Phi) is 6.96. The molecule has 1 heterocycles. The number of likely N-dealkylation sites (tertiary alicyclic amines) is 1. The summed E-state index contributed by atoms with van der Waals surface area (Å²) in [7, 11) is 2.14. The fourth-order valence-corrected chi connectivity index (χ4v) is 1.73. The highest BCUT2D eigenvalue weighted by atomic mass is 32.2. The summed E-state index contributed by atoms with van der Waals surface area (Å²) < 4.78 is 4.55. The molecule has 4 nitrogen and oxygen atoms in total. The monoisotopic (exact) mass is 234 g/mol. The van der Waals surface area contributed by atoms with Crippen LogP contribution in [-0.4, -0.2) is 42.4 Å². The van der Waals surface area contributed by atoms with Crippen LogP contribution in [0.15, 0.2) is 0 Å². The molecule has 0 aliphatic carbocycles. The van der Waals surface area contributed by atoms with Gasteiger partial charge in [0.25, 0.3) is 6.47 Å². The Hall–Kier alpha value is -0.260. The van der Waals surface area contributed by atoms with Crippen molar-refractivity contribution in [3.63, 3.8) is 0 Å². The Bertz CT molecular complexity index is 183. The van der Waals surface area contributed by atoms with E-state index in [-0.39, 0.29) is 5.60 Å². The minimum absolute atomic E-state index is 0.318. The number of hydrogen-bond donors (Lipinski definition) is 1. The van der Waals surface area contributed by atoms with Gasteiger partial charge in [0, 0.05) is 11.8 Å². The van der Waals surface area contributed by atoms with E-state index in [0.29, 0.717) is 11.7 Å². The lowest BCUT2D eigenvalue weighted by molar-refractivity contribution is -0.138. The fourth-order valence-electron chi connectivity index (χ4n) is 1.15. The predicted molar refractivity (Wildman–Crippen MR) is 64.6 cm³/mol. The van der Waals surface area contributed by atoms with E-state index >= 15 is 0 Å². The molecule has 0 aromatic rings. The maximum atomic E-state index is 9.60. The molecule has 5 heteroatoms. The molecule has 1 atom stereocenters. The minimum Gasteiger partial charge on any atom is -0.462 e. The third-order valence-corrected chi connectivity index (χ3v) is 2.71. The van der Waals surface area contributed by atoms with Crippen LogP contribution in [0.1, 0.15) is 27.2 Å².